The fraction of sp³-hybridized carbons (Fsp3) is 0.389. The zero-order valence-electron chi connectivity index (χ0n) is 14.1. The van der Waals surface area contributed by atoms with E-state index in [0.717, 1.165) is 17.7 Å². The summed E-state index contributed by atoms with van der Waals surface area (Å²) in [7, 11) is 0. The van der Waals surface area contributed by atoms with Crippen LogP contribution in [0.5, 0.6) is 5.75 Å². The number of hydrogen-bond acceptors (Lipinski definition) is 6. The van der Waals surface area contributed by atoms with Gasteiger partial charge in [-0.2, -0.15) is 0 Å². The zero-order valence-corrected chi connectivity index (χ0v) is 14.1. The molecule has 0 spiro atoms. The van der Waals surface area contributed by atoms with Crippen molar-refractivity contribution in [1.29, 1.82) is 0 Å². The van der Waals surface area contributed by atoms with Crippen molar-refractivity contribution in [2.75, 3.05) is 24.6 Å². The molecule has 0 unspecified atom stereocenters. The molecule has 1 aliphatic rings. The van der Waals surface area contributed by atoms with Crippen LogP contribution in [0.2, 0.25) is 0 Å². The average molecular weight is 345 g/mol. The Hall–Kier alpha value is -2.83. The minimum absolute atomic E-state index is 0.129. The van der Waals surface area contributed by atoms with Crippen LogP contribution in [0.25, 0.3) is 0 Å². The molecule has 0 saturated heterocycles. The van der Waals surface area contributed by atoms with Gasteiger partial charge in [-0.3, -0.25) is 19.3 Å². The van der Waals surface area contributed by atoms with Crippen molar-refractivity contribution in [2.45, 2.75) is 32.1 Å². The number of imide groups is 1. The summed E-state index contributed by atoms with van der Waals surface area (Å²) in [5.41, 5.74) is 12.3. The number of anilines is 2. The molecular formula is C18H23N3O4. The molecule has 2 rings (SSSR count). The number of ketones is 1. The van der Waals surface area contributed by atoms with E-state index in [-0.39, 0.29) is 24.1 Å². The van der Waals surface area contributed by atoms with Crippen LogP contribution < -0.4 is 16.2 Å². The lowest BCUT2D eigenvalue weighted by atomic mass is 10.1. The molecule has 25 heavy (non-hydrogen) atoms. The molecule has 1 aromatic carbocycles. The third-order valence-corrected chi connectivity index (χ3v) is 3.91. The topological polar surface area (TPSA) is 116 Å². The molecule has 2 amide bonds. The minimum atomic E-state index is -0.307. The highest BCUT2D eigenvalue weighted by atomic mass is 16.5. The maximum Gasteiger partial charge on any atom is 0.253 e. The van der Waals surface area contributed by atoms with E-state index in [1.807, 2.05) is 0 Å². The van der Waals surface area contributed by atoms with E-state index in [2.05, 4.69) is 0 Å². The predicted molar refractivity (Wildman–Crippen MR) is 94.7 cm³/mol. The molecule has 0 aromatic heterocycles. The van der Waals surface area contributed by atoms with Crippen molar-refractivity contribution >= 4 is 29.0 Å². The summed E-state index contributed by atoms with van der Waals surface area (Å²) < 4.78 is 5.56. The van der Waals surface area contributed by atoms with Gasteiger partial charge in [0.1, 0.15) is 11.5 Å². The van der Waals surface area contributed by atoms with Gasteiger partial charge in [-0.15, -0.1) is 0 Å². The highest BCUT2D eigenvalue weighted by molar-refractivity contribution is 6.12. The van der Waals surface area contributed by atoms with Gasteiger partial charge in [0.25, 0.3) is 11.8 Å². The number of benzene rings is 1. The number of rotatable bonds is 10. The maximum absolute atomic E-state index is 11.8. The molecule has 1 heterocycles. The molecule has 0 saturated carbocycles. The van der Waals surface area contributed by atoms with Crippen LogP contribution in [-0.4, -0.2) is 35.6 Å². The second kappa shape index (κ2) is 8.86. The van der Waals surface area contributed by atoms with Crippen LogP contribution >= 0.6 is 0 Å². The van der Waals surface area contributed by atoms with Gasteiger partial charge < -0.3 is 16.2 Å². The van der Waals surface area contributed by atoms with Crippen LogP contribution in [0.15, 0.2) is 30.4 Å². The number of nitrogens with two attached hydrogens (primary N) is 2. The van der Waals surface area contributed by atoms with Crippen molar-refractivity contribution in [2.24, 2.45) is 0 Å². The Labute approximate surface area is 146 Å². The van der Waals surface area contributed by atoms with Crippen LogP contribution in [0.3, 0.4) is 0 Å². The summed E-state index contributed by atoms with van der Waals surface area (Å²) in [6.45, 7) is 0.789. The summed E-state index contributed by atoms with van der Waals surface area (Å²) in [4.78, 5) is 35.7. The minimum Gasteiger partial charge on any atom is -0.494 e. The van der Waals surface area contributed by atoms with E-state index in [0.29, 0.717) is 43.0 Å². The van der Waals surface area contributed by atoms with Gasteiger partial charge in [-0.1, -0.05) is 0 Å². The van der Waals surface area contributed by atoms with Crippen molar-refractivity contribution < 1.29 is 19.1 Å². The van der Waals surface area contributed by atoms with E-state index < -0.39 is 0 Å². The Morgan fingerprint density at radius 3 is 2.32 bits per heavy atom. The number of amides is 2. The zero-order chi connectivity index (χ0) is 18.2. The lowest BCUT2D eigenvalue weighted by Gasteiger charge is -2.12. The Kier molecular flexibility index (Phi) is 6.56. The quantitative estimate of drug-likeness (QED) is 0.379. The first-order valence-corrected chi connectivity index (χ1v) is 8.30. The lowest BCUT2D eigenvalue weighted by Crippen LogP contribution is -2.31. The lowest BCUT2D eigenvalue weighted by molar-refractivity contribution is -0.137. The van der Waals surface area contributed by atoms with Crippen molar-refractivity contribution in [3.63, 3.8) is 0 Å². The molecule has 0 fully saturated rings. The second-order valence-electron chi connectivity index (χ2n) is 5.90. The molecule has 1 aliphatic heterocycles. The average Bonchev–Trinajstić information content (AvgIpc) is 2.89. The molecule has 0 bridgehead atoms. The molecule has 0 aliphatic carbocycles. The van der Waals surface area contributed by atoms with Gasteiger partial charge in [0, 0.05) is 37.6 Å². The fourth-order valence-corrected chi connectivity index (χ4v) is 2.47. The van der Waals surface area contributed by atoms with E-state index in [1.165, 1.54) is 12.2 Å². The summed E-state index contributed by atoms with van der Waals surface area (Å²) in [5, 5.41) is 0. The molecule has 7 nitrogen and oxygen atoms in total. The molecule has 0 atom stereocenters. The van der Waals surface area contributed by atoms with Gasteiger partial charge in [-0.05, 0) is 31.4 Å². The highest BCUT2D eigenvalue weighted by Crippen LogP contribution is 2.21. The third-order valence-electron chi connectivity index (χ3n) is 3.91. The van der Waals surface area contributed by atoms with E-state index in [1.54, 1.807) is 18.2 Å². The summed E-state index contributed by atoms with van der Waals surface area (Å²) >= 11 is 0. The number of unbranched alkanes of at least 4 members (excludes halogenated alkanes) is 1. The van der Waals surface area contributed by atoms with Gasteiger partial charge in [0.15, 0.2) is 0 Å². The summed E-state index contributed by atoms with van der Waals surface area (Å²) in [6, 6.07) is 5.13. The first-order valence-electron chi connectivity index (χ1n) is 8.30. The van der Waals surface area contributed by atoms with Crippen LogP contribution in [0, 0.1) is 0 Å². The number of ether oxygens (including phenoxy) is 1. The first-order chi connectivity index (χ1) is 12.0. The third kappa shape index (κ3) is 5.63. The summed E-state index contributed by atoms with van der Waals surface area (Å²) in [6.07, 6.45) is 5.31. The number of nitrogen functional groups attached to an aromatic ring is 2. The number of carbonyl (C=O) groups is 3. The SMILES string of the molecule is Nc1ccc(OCCCCC(=O)CCCN2C(=O)C=CC2=O)cc1N. The molecule has 0 radical (unpaired) electrons. The number of carbonyl (C=O) groups excluding carboxylic acids is 3. The van der Waals surface area contributed by atoms with Crippen LogP contribution in [-0.2, 0) is 14.4 Å². The highest BCUT2D eigenvalue weighted by Gasteiger charge is 2.22. The molecule has 7 heteroatoms. The van der Waals surface area contributed by atoms with Gasteiger partial charge in [0.05, 0.1) is 18.0 Å². The van der Waals surface area contributed by atoms with Crippen molar-refractivity contribution in [3.05, 3.63) is 30.4 Å². The fourth-order valence-electron chi connectivity index (χ4n) is 2.47. The van der Waals surface area contributed by atoms with E-state index in [9.17, 15) is 14.4 Å². The maximum atomic E-state index is 11.8. The molecule has 134 valence electrons. The van der Waals surface area contributed by atoms with Gasteiger partial charge in [0.2, 0.25) is 0 Å². The Balaban J connectivity index is 1.54. The first kappa shape index (κ1) is 18.5. The number of Topliss-reactive ketones (excluding diaryl/α,β-unsaturated/α-hetero) is 1. The Morgan fingerprint density at radius 1 is 0.960 bits per heavy atom. The number of hydrogen-bond donors (Lipinski definition) is 2. The van der Waals surface area contributed by atoms with E-state index in [4.69, 9.17) is 16.2 Å². The standard InChI is InChI=1S/C18H23N3O4/c19-15-7-6-14(12-16(15)20)25-11-2-1-4-13(22)5-3-10-21-17(23)8-9-18(21)24/h6-9,12H,1-5,10-11,19-20H2. The smallest absolute Gasteiger partial charge is 0.253 e. The molecule has 1 aromatic rings. The molecule has 4 N–H and O–H groups in total. The monoisotopic (exact) mass is 345 g/mol. The largest absolute Gasteiger partial charge is 0.494 e. The van der Waals surface area contributed by atoms with Crippen molar-refractivity contribution in [1.82, 2.24) is 4.90 Å². The normalized spacial score (nSPS) is 13.5. The molecular weight excluding hydrogens is 322 g/mol. The summed E-state index contributed by atoms with van der Waals surface area (Å²) in [5.74, 6) is 0.172. The van der Waals surface area contributed by atoms with Gasteiger partial charge in [-0.25, -0.2) is 0 Å². The Bertz CT molecular complexity index is 667. The van der Waals surface area contributed by atoms with Gasteiger partial charge >= 0.3 is 0 Å². The van der Waals surface area contributed by atoms with Crippen molar-refractivity contribution in [3.8, 4) is 5.75 Å². The van der Waals surface area contributed by atoms with Crippen LogP contribution in [0.1, 0.15) is 32.1 Å². The Morgan fingerprint density at radius 2 is 1.64 bits per heavy atom. The van der Waals surface area contributed by atoms with E-state index >= 15 is 0 Å². The van der Waals surface area contributed by atoms with Crippen LogP contribution in [0.4, 0.5) is 11.4 Å². The number of nitrogens with zero attached hydrogens (tertiary/aromatic N) is 1. The second-order valence-corrected chi connectivity index (χ2v) is 5.90. The predicted octanol–water partition coefficient (Wildman–Crippen LogP) is 1.67.